The van der Waals surface area contributed by atoms with Gasteiger partial charge in [-0.2, -0.15) is 0 Å². The molecule has 4 heteroatoms. The van der Waals surface area contributed by atoms with Gasteiger partial charge in [-0.1, -0.05) is 6.92 Å². The normalized spacial score (nSPS) is 25.1. The zero-order valence-electron chi connectivity index (χ0n) is 9.57. The number of halogens is 1. The predicted octanol–water partition coefficient (Wildman–Crippen LogP) is 3.76. The highest BCUT2D eigenvalue weighted by Crippen LogP contribution is 2.29. The SMILES string of the molecule is CCC1CCC(C)N1C(=O)c1csc(I)c1. The molecule has 2 atom stereocenters. The second-order valence-corrected chi connectivity index (χ2v) is 7.15. The minimum Gasteiger partial charge on any atom is -0.333 e. The Hall–Kier alpha value is -0.100. The third kappa shape index (κ3) is 2.27. The number of carbonyl (C=O) groups excluding carboxylic acids is 1. The van der Waals surface area contributed by atoms with Crippen LogP contribution in [0.2, 0.25) is 0 Å². The molecule has 1 aromatic heterocycles. The van der Waals surface area contributed by atoms with Crippen LogP contribution >= 0.6 is 33.9 Å². The Morgan fingerprint density at radius 1 is 1.62 bits per heavy atom. The van der Waals surface area contributed by atoms with Crippen molar-refractivity contribution in [1.29, 1.82) is 0 Å². The van der Waals surface area contributed by atoms with Crippen molar-refractivity contribution in [2.75, 3.05) is 0 Å². The Kier molecular flexibility index (Phi) is 3.89. The number of nitrogens with zero attached hydrogens (tertiary/aromatic N) is 1. The molecule has 1 saturated heterocycles. The highest BCUT2D eigenvalue weighted by atomic mass is 127. The molecule has 1 aliphatic rings. The molecular weight excluding hydrogens is 333 g/mol. The number of hydrogen-bond donors (Lipinski definition) is 0. The Morgan fingerprint density at radius 3 is 2.94 bits per heavy atom. The molecule has 1 amide bonds. The molecule has 0 radical (unpaired) electrons. The molecule has 0 bridgehead atoms. The maximum absolute atomic E-state index is 12.4. The van der Waals surface area contributed by atoms with Gasteiger partial charge >= 0.3 is 0 Å². The molecule has 2 unspecified atom stereocenters. The van der Waals surface area contributed by atoms with E-state index in [4.69, 9.17) is 0 Å². The first kappa shape index (κ1) is 12.4. The second-order valence-electron chi connectivity index (χ2n) is 4.34. The van der Waals surface area contributed by atoms with Gasteiger partial charge in [-0.3, -0.25) is 4.79 Å². The van der Waals surface area contributed by atoms with Gasteiger partial charge in [0.15, 0.2) is 0 Å². The third-order valence-corrected chi connectivity index (χ3v) is 5.10. The lowest BCUT2D eigenvalue weighted by atomic mass is 10.1. The van der Waals surface area contributed by atoms with Gasteiger partial charge in [-0.25, -0.2) is 0 Å². The summed E-state index contributed by atoms with van der Waals surface area (Å²) >= 11 is 3.91. The van der Waals surface area contributed by atoms with Crippen LogP contribution in [0.1, 0.15) is 43.5 Å². The van der Waals surface area contributed by atoms with Crippen LogP contribution < -0.4 is 0 Å². The zero-order chi connectivity index (χ0) is 11.7. The molecule has 0 saturated carbocycles. The molecule has 88 valence electrons. The molecule has 2 heterocycles. The quantitative estimate of drug-likeness (QED) is 0.745. The fourth-order valence-corrected chi connectivity index (χ4v) is 3.73. The molecule has 16 heavy (non-hydrogen) atoms. The molecule has 1 aromatic rings. The Bertz CT molecular complexity index is 390. The van der Waals surface area contributed by atoms with E-state index < -0.39 is 0 Å². The van der Waals surface area contributed by atoms with Gasteiger partial charge in [0, 0.05) is 17.5 Å². The maximum atomic E-state index is 12.4. The number of amides is 1. The summed E-state index contributed by atoms with van der Waals surface area (Å²) in [5.41, 5.74) is 0.863. The van der Waals surface area contributed by atoms with E-state index in [1.54, 1.807) is 11.3 Å². The summed E-state index contributed by atoms with van der Waals surface area (Å²) in [5.74, 6) is 0.219. The minimum atomic E-state index is 0.219. The number of likely N-dealkylation sites (tertiary alicyclic amines) is 1. The Labute approximate surface area is 114 Å². The smallest absolute Gasteiger partial charge is 0.255 e. The number of rotatable bonds is 2. The molecule has 1 aliphatic heterocycles. The average molecular weight is 349 g/mol. The summed E-state index contributed by atoms with van der Waals surface area (Å²) in [6, 6.07) is 2.83. The van der Waals surface area contributed by atoms with E-state index in [1.807, 2.05) is 11.4 Å². The lowest BCUT2D eigenvalue weighted by Crippen LogP contribution is -2.39. The monoisotopic (exact) mass is 349 g/mol. The third-order valence-electron chi connectivity index (χ3n) is 3.31. The number of thiophene rings is 1. The van der Waals surface area contributed by atoms with Crippen molar-refractivity contribution < 1.29 is 4.79 Å². The van der Waals surface area contributed by atoms with Crippen molar-refractivity contribution in [2.24, 2.45) is 0 Å². The molecule has 0 aromatic carbocycles. The van der Waals surface area contributed by atoms with Crippen LogP contribution in [0.3, 0.4) is 0 Å². The highest BCUT2D eigenvalue weighted by Gasteiger charge is 2.33. The van der Waals surface area contributed by atoms with Crippen molar-refractivity contribution in [3.05, 3.63) is 19.9 Å². The summed E-state index contributed by atoms with van der Waals surface area (Å²) in [4.78, 5) is 14.5. The van der Waals surface area contributed by atoms with Gasteiger partial charge in [0.25, 0.3) is 5.91 Å². The van der Waals surface area contributed by atoms with Crippen LogP contribution in [-0.2, 0) is 0 Å². The molecule has 0 aliphatic carbocycles. The van der Waals surface area contributed by atoms with E-state index in [-0.39, 0.29) is 5.91 Å². The van der Waals surface area contributed by atoms with Gasteiger partial charge in [0.2, 0.25) is 0 Å². The van der Waals surface area contributed by atoms with Crippen LogP contribution in [0.4, 0.5) is 0 Å². The fourth-order valence-electron chi connectivity index (χ4n) is 2.41. The van der Waals surface area contributed by atoms with Gasteiger partial charge in [0.05, 0.1) is 8.45 Å². The van der Waals surface area contributed by atoms with Crippen LogP contribution in [0.25, 0.3) is 0 Å². The number of carbonyl (C=O) groups is 1. The molecular formula is C12H16INOS. The van der Waals surface area contributed by atoms with Gasteiger partial charge in [-0.15, -0.1) is 11.3 Å². The van der Waals surface area contributed by atoms with Gasteiger partial charge in [-0.05, 0) is 54.8 Å². The number of hydrogen-bond acceptors (Lipinski definition) is 2. The highest BCUT2D eigenvalue weighted by molar-refractivity contribution is 14.1. The van der Waals surface area contributed by atoms with Gasteiger partial charge < -0.3 is 4.90 Å². The summed E-state index contributed by atoms with van der Waals surface area (Å²) in [6.07, 6.45) is 3.37. The van der Waals surface area contributed by atoms with Crippen molar-refractivity contribution in [2.45, 2.75) is 45.2 Å². The summed E-state index contributed by atoms with van der Waals surface area (Å²) in [6.45, 7) is 4.32. The maximum Gasteiger partial charge on any atom is 0.255 e. The summed E-state index contributed by atoms with van der Waals surface area (Å²) < 4.78 is 1.18. The minimum absolute atomic E-state index is 0.219. The van der Waals surface area contributed by atoms with Gasteiger partial charge in [0.1, 0.15) is 0 Å². The van der Waals surface area contributed by atoms with Crippen molar-refractivity contribution in [3.8, 4) is 0 Å². The average Bonchev–Trinajstić information content (AvgIpc) is 2.83. The second kappa shape index (κ2) is 5.04. The van der Waals surface area contributed by atoms with E-state index in [0.717, 1.165) is 24.8 Å². The summed E-state index contributed by atoms with van der Waals surface area (Å²) in [5, 5.41) is 1.97. The standard InChI is InChI=1S/C12H16INOS/c1-3-10-5-4-8(2)14(10)12(15)9-6-11(13)16-7-9/h6-8,10H,3-5H2,1-2H3. The lowest BCUT2D eigenvalue weighted by molar-refractivity contribution is 0.0677. The molecule has 0 N–H and O–H groups in total. The van der Waals surface area contributed by atoms with E-state index in [2.05, 4.69) is 41.3 Å². The topological polar surface area (TPSA) is 20.3 Å². The first-order valence-corrected chi connectivity index (χ1v) is 7.66. The lowest BCUT2D eigenvalue weighted by Gasteiger charge is -2.27. The van der Waals surface area contributed by atoms with Crippen LogP contribution in [-0.4, -0.2) is 22.9 Å². The van der Waals surface area contributed by atoms with Crippen molar-refractivity contribution in [3.63, 3.8) is 0 Å². The molecule has 2 rings (SSSR count). The molecule has 1 fully saturated rings. The Morgan fingerprint density at radius 2 is 2.38 bits per heavy atom. The molecule has 2 nitrogen and oxygen atoms in total. The predicted molar refractivity (Wildman–Crippen MR) is 76.0 cm³/mol. The largest absolute Gasteiger partial charge is 0.333 e. The van der Waals surface area contributed by atoms with Crippen molar-refractivity contribution >= 4 is 39.8 Å². The van der Waals surface area contributed by atoms with E-state index >= 15 is 0 Å². The van der Waals surface area contributed by atoms with E-state index in [9.17, 15) is 4.79 Å². The van der Waals surface area contributed by atoms with E-state index in [1.165, 1.54) is 2.88 Å². The Balaban J connectivity index is 2.20. The summed E-state index contributed by atoms with van der Waals surface area (Å²) in [7, 11) is 0. The molecule has 0 spiro atoms. The van der Waals surface area contributed by atoms with E-state index in [0.29, 0.717) is 12.1 Å². The van der Waals surface area contributed by atoms with Crippen LogP contribution in [0, 0.1) is 2.88 Å². The zero-order valence-corrected chi connectivity index (χ0v) is 12.5. The fraction of sp³-hybridized carbons (Fsp3) is 0.583. The van der Waals surface area contributed by atoms with Crippen LogP contribution in [0.15, 0.2) is 11.4 Å². The van der Waals surface area contributed by atoms with Crippen LogP contribution in [0.5, 0.6) is 0 Å². The van der Waals surface area contributed by atoms with Crippen molar-refractivity contribution in [1.82, 2.24) is 4.90 Å². The first-order chi connectivity index (χ1) is 7.63. The first-order valence-electron chi connectivity index (χ1n) is 5.70.